The number of pyridine rings is 1. The maximum absolute atomic E-state index is 12.3. The minimum atomic E-state index is -4.32. The van der Waals surface area contributed by atoms with Crippen LogP contribution in [0.5, 0.6) is 0 Å². The number of nitrogens with zero attached hydrogens (tertiary/aromatic N) is 1. The third-order valence-corrected chi connectivity index (χ3v) is 2.50. The Balaban J connectivity index is 3.22. The lowest BCUT2D eigenvalue weighted by Crippen LogP contribution is -2.10. The highest BCUT2D eigenvalue weighted by Crippen LogP contribution is 2.32. The summed E-state index contributed by atoms with van der Waals surface area (Å²) in [5, 5.41) is 0.110. The first-order valence-electron chi connectivity index (χ1n) is 3.23. The van der Waals surface area contributed by atoms with E-state index in [2.05, 4.69) is 20.9 Å². The molecule has 0 fully saturated rings. The van der Waals surface area contributed by atoms with Gasteiger partial charge in [0.15, 0.2) is 0 Å². The molecule has 0 atom stereocenters. The van der Waals surface area contributed by atoms with Crippen LogP contribution in [0.15, 0.2) is 12.1 Å². The lowest BCUT2D eigenvalue weighted by Gasteiger charge is -2.09. The summed E-state index contributed by atoms with van der Waals surface area (Å²) in [6.07, 6.45) is -4.32. The van der Waals surface area contributed by atoms with E-state index in [9.17, 15) is 13.2 Å². The standard InChI is InChI=1S/C7H4BrF3IN/c8-3-5-4(7(9,10)11)1-2-6(12)13-5/h1-2H,3H2. The molecule has 0 spiro atoms. The highest BCUT2D eigenvalue weighted by atomic mass is 127. The SMILES string of the molecule is FC(F)(F)c1ccc(I)nc1CBr. The quantitative estimate of drug-likeness (QED) is 0.421. The summed E-state index contributed by atoms with van der Waals surface area (Å²) in [7, 11) is 0. The number of halogens is 5. The molecule has 0 radical (unpaired) electrons. The minimum absolute atomic E-state index is 0.0272. The molecule has 72 valence electrons. The Kier molecular flexibility index (Phi) is 3.56. The van der Waals surface area contributed by atoms with Gasteiger partial charge in [-0.3, -0.25) is 0 Å². The molecule has 0 aromatic carbocycles. The van der Waals surface area contributed by atoms with Crippen LogP contribution in [-0.4, -0.2) is 4.98 Å². The molecule has 0 saturated heterocycles. The summed E-state index contributed by atoms with van der Waals surface area (Å²) < 4.78 is 37.5. The van der Waals surface area contributed by atoms with Gasteiger partial charge in [0.25, 0.3) is 0 Å². The van der Waals surface area contributed by atoms with Gasteiger partial charge < -0.3 is 0 Å². The molecule has 0 bridgehead atoms. The van der Waals surface area contributed by atoms with E-state index in [1.165, 1.54) is 6.07 Å². The average molecular weight is 366 g/mol. The van der Waals surface area contributed by atoms with Crippen LogP contribution in [0.3, 0.4) is 0 Å². The topological polar surface area (TPSA) is 12.9 Å². The van der Waals surface area contributed by atoms with Crippen LogP contribution in [-0.2, 0) is 11.5 Å². The molecule has 1 rings (SSSR count). The van der Waals surface area contributed by atoms with E-state index in [-0.39, 0.29) is 11.0 Å². The molecule has 0 aliphatic heterocycles. The second kappa shape index (κ2) is 4.12. The Hall–Kier alpha value is 0.150. The van der Waals surface area contributed by atoms with E-state index in [0.29, 0.717) is 3.70 Å². The van der Waals surface area contributed by atoms with Crippen LogP contribution in [0, 0.1) is 3.70 Å². The minimum Gasteiger partial charge on any atom is -0.245 e. The van der Waals surface area contributed by atoms with E-state index in [0.717, 1.165) is 6.07 Å². The fourth-order valence-electron chi connectivity index (χ4n) is 0.835. The van der Waals surface area contributed by atoms with Crippen molar-refractivity contribution in [1.82, 2.24) is 4.98 Å². The number of alkyl halides is 4. The number of hydrogen-bond donors (Lipinski definition) is 0. The molecule has 13 heavy (non-hydrogen) atoms. The highest BCUT2D eigenvalue weighted by molar-refractivity contribution is 14.1. The van der Waals surface area contributed by atoms with Crippen molar-refractivity contribution in [2.24, 2.45) is 0 Å². The van der Waals surface area contributed by atoms with Crippen molar-refractivity contribution in [3.8, 4) is 0 Å². The second-order valence-electron chi connectivity index (χ2n) is 2.26. The van der Waals surface area contributed by atoms with Crippen molar-refractivity contribution in [3.63, 3.8) is 0 Å². The summed E-state index contributed by atoms with van der Waals surface area (Å²) in [6.45, 7) is 0. The van der Waals surface area contributed by atoms with Crippen LogP contribution < -0.4 is 0 Å². The number of aromatic nitrogens is 1. The van der Waals surface area contributed by atoms with Crippen LogP contribution in [0.1, 0.15) is 11.3 Å². The van der Waals surface area contributed by atoms with E-state index < -0.39 is 11.7 Å². The van der Waals surface area contributed by atoms with Gasteiger partial charge in [-0.2, -0.15) is 13.2 Å². The predicted molar refractivity (Wildman–Crippen MR) is 54.6 cm³/mol. The van der Waals surface area contributed by atoms with Gasteiger partial charge in [0.05, 0.1) is 11.3 Å². The van der Waals surface area contributed by atoms with Crippen LogP contribution >= 0.6 is 38.5 Å². The number of hydrogen-bond acceptors (Lipinski definition) is 1. The second-order valence-corrected chi connectivity index (χ2v) is 3.93. The Morgan fingerprint density at radius 3 is 2.46 bits per heavy atom. The zero-order chi connectivity index (χ0) is 10.1. The molecular formula is C7H4BrF3IN. The van der Waals surface area contributed by atoms with Crippen LogP contribution in [0.25, 0.3) is 0 Å². The van der Waals surface area contributed by atoms with E-state index >= 15 is 0 Å². The van der Waals surface area contributed by atoms with E-state index in [4.69, 9.17) is 0 Å². The summed E-state index contributed by atoms with van der Waals surface area (Å²) in [5.74, 6) is 0. The maximum Gasteiger partial charge on any atom is 0.418 e. The molecule has 0 unspecified atom stereocenters. The normalized spacial score (nSPS) is 11.8. The Bertz CT molecular complexity index is 313. The van der Waals surface area contributed by atoms with Crippen molar-refractivity contribution < 1.29 is 13.2 Å². The third-order valence-electron chi connectivity index (χ3n) is 1.37. The van der Waals surface area contributed by atoms with Gasteiger partial charge in [0, 0.05) is 5.33 Å². The lowest BCUT2D eigenvalue weighted by molar-refractivity contribution is -0.138. The molecule has 1 nitrogen and oxygen atoms in total. The molecular weight excluding hydrogens is 362 g/mol. The lowest BCUT2D eigenvalue weighted by atomic mass is 10.2. The van der Waals surface area contributed by atoms with Gasteiger partial charge in [-0.15, -0.1) is 0 Å². The van der Waals surface area contributed by atoms with Gasteiger partial charge in [-0.05, 0) is 34.7 Å². The molecule has 0 N–H and O–H groups in total. The summed E-state index contributed by atoms with van der Waals surface area (Å²) in [5.41, 5.74) is -0.649. The zero-order valence-electron chi connectivity index (χ0n) is 6.20. The maximum atomic E-state index is 12.3. The Morgan fingerprint density at radius 1 is 1.38 bits per heavy atom. The van der Waals surface area contributed by atoms with Crippen molar-refractivity contribution in [2.75, 3.05) is 0 Å². The number of rotatable bonds is 1. The monoisotopic (exact) mass is 365 g/mol. The molecule has 0 amide bonds. The molecule has 1 heterocycles. The van der Waals surface area contributed by atoms with Gasteiger partial charge in [0.1, 0.15) is 3.70 Å². The molecule has 0 saturated carbocycles. The molecule has 1 aromatic heterocycles. The van der Waals surface area contributed by atoms with Gasteiger partial charge in [-0.1, -0.05) is 15.9 Å². The third kappa shape index (κ3) is 2.80. The summed E-state index contributed by atoms with van der Waals surface area (Å²) in [4.78, 5) is 3.78. The fraction of sp³-hybridized carbons (Fsp3) is 0.286. The zero-order valence-corrected chi connectivity index (χ0v) is 9.94. The van der Waals surface area contributed by atoms with Gasteiger partial charge in [0.2, 0.25) is 0 Å². The molecule has 0 aliphatic carbocycles. The predicted octanol–water partition coefficient (Wildman–Crippen LogP) is 3.60. The Morgan fingerprint density at radius 2 is 2.00 bits per heavy atom. The molecule has 6 heteroatoms. The Labute approximate surface area is 95.0 Å². The summed E-state index contributed by atoms with van der Waals surface area (Å²) in [6, 6.07) is 2.39. The van der Waals surface area contributed by atoms with Crippen molar-refractivity contribution in [1.29, 1.82) is 0 Å². The average Bonchev–Trinajstić information content (AvgIpc) is 2.01. The highest BCUT2D eigenvalue weighted by Gasteiger charge is 2.33. The molecule has 1 aromatic rings. The largest absolute Gasteiger partial charge is 0.418 e. The van der Waals surface area contributed by atoms with Gasteiger partial charge >= 0.3 is 6.18 Å². The first-order chi connectivity index (χ1) is 5.95. The van der Waals surface area contributed by atoms with Crippen LogP contribution in [0.2, 0.25) is 0 Å². The van der Waals surface area contributed by atoms with E-state index in [1.54, 1.807) is 0 Å². The first kappa shape index (κ1) is 11.2. The van der Waals surface area contributed by atoms with E-state index in [1.807, 2.05) is 22.6 Å². The van der Waals surface area contributed by atoms with Crippen molar-refractivity contribution in [2.45, 2.75) is 11.5 Å². The van der Waals surface area contributed by atoms with Gasteiger partial charge in [-0.25, -0.2) is 4.98 Å². The first-order valence-corrected chi connectivity index (χ1v) is 5.43. The smallest absolute Gasteiger partial charge is 0.245 e. The van der Waals surface area contributed by atoms with Crippen molar-refractivity contribution >= 4 is 38.5 Å². The van der Waals surface area contributed by atoms with Crippen molar-refractivity contribution in [3.05, 3.63) is 27.1 Å². The fourth-order valence-corrected chi connectivity index (χ4v) is 1.73. The molecule has 0 aliphatic rings. The summed E-state index contributed by atoms with van der Waals surface area (Å²) >= 11 is 4.84. The van der Waals surface area contributed by atoms with Crippen LogP contribution in [0.4, 0.5) is 13.2 Å².